The van der Waals surface area contributed by atoms with E-state index in [1.165, 1.54) is 0 Å². The first-order valence-electron chi connectivity index (χ1n) is 10.2. The fourth-order valence-corrected chi connectivity index (χ4v) is 4.04. The van der Waals surface area contributed by atoms with Gasteiger partial charge in [-0.15, -0.1) is 10.2 Å². The first-order chi connectivity index (χ1) is 16.2. The zero-order valence-corrected chi connectivity index (χ0v) is 18.1. The fourth-order valence-electron chi connectivity index (χ4n) is 3.47. The number of carbonyl (C=O) groups excluding carboxylic acids is 2. The van der Waals surface area contributed by atoms with Gasteiger partial charge < -0.3 is 14.7 Å². The molecule has 2 heterocycles. The van der Waals surface area contributed by atoms with Crippen LogP contribution < -0.4 is 5.32 Å². The van der Waals surface area contributed by atoms with Gasteiger partial charge in [-0.05, 0) is 18.2 Å². The number of H-pyrrole nitrogens is 1. The van der Waals surface area contributed by atoms with Crippen LogP contribution in [-0.4, -0.2) is 32.6 Å². The Labute approximate surface area is 193 Å². The lowest BCUT2D eigenvalue weighted by atomic mass is 10.0. The van der Waals surface area contributed by atoms with E-state index < -0.39 is 0 Å². The highest BCUT2D eigenvalue weighted by molar-refractivity contribution is 7.99. The molecule has 0 spiro atoms. The number of fused-ring (bicyclic) bond motifs is 1. The second kappa shape index (κ2) is 9.13. The van der Waals surface area contributed by atoms with Crippen LogP contribution in [0, 0.1) is 0 Å². The molecule has 1 amide bonds. The van der Waals surface area contributed by atoms with E-state index in [4.69, 9.17) is 4.42 Å². The number of thioether (sulfide) groups is 1. The Bertz CT molecular complexity index is 1440. The monoisotopic (exact) mass is 454 g/mol. The zero-order valence-electron chi connectivity index (χ0n) is 17.3. The van der Waals surface area contributed by atoms with Crippen LogP contribution in [-0.2, 0) is 4.79 Å². The number of amides is 1. The molecule has 0 atom stereocenters. The van der Waals surface area contributed by atoms with Crippen LogP contribution in [0.5, 0.6) is 0 Å². The molecule has 8 heteroatoms. The minimum absolute atomic E-state index is 0.0589. The van der Waals surface area contributed by atoms with E-state index in [1.54, 1.807) is 48.5 Å². The molecule has 7 nitrogen and oxygen atoms in total. The van der Waals surface area contributed by atoms with Crippen LogP contribution in [0.2, 0.25) is 0 Å². The Morgan fingerprint density at radius 1 is 0.909 bits per heavy atom. The van der Waals surface area contributed by atoms with E-state index in [0.29, 0.717) is 27.9 Å². The van der Waals surface area contributed by atoms with Crippen LogP contribution in [0.4, 0.5) is 5.69 Å². The van der Waals surface area contributed by atoms with Crippen LogP contribution in [0.15, 0.2) is 94.7 Å². The number of hydrogen-bond acceptors (Lipinski definition) is 6. The van der Waals surface area contributed by atoms with E-state index in [2.05, 4.69) is 20.5 Å². The Kier molecular flexibility index (Phi) is 5.73. The first kappa shape index (κ1) is 20.7. The molecule has 162 valence electrons. The summed E-state index contributed by atoms with van der Waals surface area (Å²) >= 11 is 1.13. The Balaban J connectivity index is 1.26. The number of nitrogens with zero attached hydrogens (tertiary/aromatic N) is 2. The van der Waals surface area contributed by atoms with Gasteiger partial charge in [0.2, 0.25) is 5.91 Å². The molecule has 2 aromatic heterocycles. The summed E-state index contributed by atoms with van der Waals surface area (Å²) in [5.41, 5.74) is 3.23. The molecule has 0 fully saturated rings. The van der Waals surface area contributed by atoms with Gasteiger partial charge in [0.15, 0.2) is 5.78 Å². The molecule has 0 aliphatic heterocycles. The van der Waals surface area contributed by atoms with Crippen molar-refractivity contribution >= 4 is 40.0 Å². The third-order valence-corrected chi connectivity index (χ3v) is 5.85. The molecule has 0 aliphatic carbocycles. The Morgan fingerprint density at radius 2 is 1.67 bits per heavy atom. The average molecular weight is 455 g/mol. The largest absolute Gasteiger partial charge is 0.411 e. The normalized spacial score (nSPS) is 10.9. The predicted octanol–water partition coefficient (Wildman–Crippen LogP) is 5.18. The minimum Gasteiger partial charge on any atom is -0.411 e. The number of para-hydroxylation sites is 2. The summed E-state index contributed by atoms with van der Waals surface area (Å²) in [5.74, 6) is 0.0114. The average Bonchev–Trinajstić information content (AvgIpc) is 3.50. The van der Waals surface area contributed by atoms with Gasteiger partial charge in [0.25, 0.3) is 11.1 Å². The lowest BCUT2D eigenvalue weighted by Crippen LogP contribution is -2.17. The van der Waals surface area contributed by atoms with Gasteiger partial charge in [0.1, 0.15) is 0 Å². The summed E-state index contributed by atoms with van der Waals surface area (Å²) in [5, 5.41) is 12.2. The van der Waals surface area contributed by atoms with Crippen molar-refractivity contribution in [2.75, 3.05) is 11.1 Å². The second-order valence-electron chi connectivity index (χ2n) is 7.20. The summed E-state index contributed by atoms with van der Waals surface area (Å²) in [6.45, 7) is 0. The van der Waals surface area contributed by atoms with Crippen molar-refractivity contribution in [2.45, 2.75) is 5.22 Å². The topological polar surface area (TPSA) is 101 Å². The van der Waals surface area contributed by atoms with E-state index in [1.807, 2.05) is 36.5 Å². The number of aromatic nitrogens is 3. The molecular formula is C25H18N4O3S. The molecule has 0 aliphatic rings. The zero-order chi connectivity index (χ0) is 22.6. The van der Waals surface area contributed by atoms with Crippen molar-refractivity contribution in [3.63, 3.8) is 0 Å². The van der Waals surface area contributed by atoms with Gasteiger partial charge in [0, 0.05) is 28.2 Å². The fraction of sp³-hybridized carbons (Fsp3) is 0.0400. The number of nitrogens with one attached hydrogen (secondary N) is 2. The Hall–Kier alpha value is -4.17. The van der Waals surface area contributed by atoms with Gasteiger partial charge in [0.05, 0.1) is 17.0 Å². The van der Waals surface area contributed by atoms with Crippen molar-refractivity contribution in [3.8, 4) is 11.5 Å². The van der Waals surface area contributed by atoms with Gasteiger partial charge in [-0.25, -0.2) is 0 Å². The smallest absolute Gasteiger partial charge is 0.277 e. The number of rotatable bonds is 7. The van der Waals surface area contributed by atoms with Crippen LogP contribution in [0.3, 0.4) is 0 Å². The van der Waals surface area contributed by atoms with Crippen molar-refractivity contribution in [3.05, 3.63) is 96.2 Å². The highest BCUT2D eigenvalue weighted by atomic mass is 32.2. The van der Waals surface area contributed by atoms with Gasteiger partial charge in [-0.3, -0.25) is 9.59 Å². The van der Waals surface area contributed by atoms with Gasteiger partial charge >= 0.3 is 0 Å². The van der Waals surface area contributed by atoms with Crippen LogP contribution in [0.1, 0.15) is 15.9 Å². The maximum Gasteiger partial charge on any atom is 0.277 e. The number of anilines is 1. The van der Waals surface area contributed by atoms with E-state index in [0.717, 1.165) is 28.2 Å². The quantitative estimate of drug-likeness (QED) is 0.260. The Morgan fingerprint density at radius 3 is 2.55 bits per heavy atom. The highest BCUT2D eigenvalue weighted by Crippen LogP contribution is 2.29. The number of carbonyl (C=O) groups is 2. The van der Waals surface area contributed by atoms with E-state index >= 15 is 0 Å². The van der Waals surface area contributed by atoms with Crippen molar-refractivity contribution in [2.24, 2.45) is 0 Å². The highest BCUT2D eigenvalue weighted by Gasteiger charge is 2.17. The minimum atomic E-state index is -0.278. The van der Waals surface area contributed by atoms with Crippen molar-refractivity contribution < 1.29 is 14.0 Å². The third-order valence-electron chi connectivity index (χ3n) is 5.03. The molecule has 0 radical (unpaired) electrons. The molecule has 5 rings (SSSR count). The summed E-state index contributed by atoms with van der Waals surface area (Å²) in [6.07, 6.45) is 1.82. The molecule has 5 aromatic rings. The molecular weight excluding hydrogens is 436 g/mol. The van der Waals surface area contributed by atoms with E-state index in [-0.39, 0.29) is 17.4 Å². The van der Waals surface area contributed by atoms with Crippen LogP contribution >= 0.6 is 11.8 Å². The van der Waals surface area contributed by atoms with Crippen LogP contribution in [0.25, 0.3) is 22.4 Å². The van der Waals surface area contributed by atoms with Crippen molar-refractivity contribution in [1.82, 2.24) is 15.2 Å². The summed E-state index contributed by atoms with van der Waals surface area (Å²) in [6, 6.07) is 23.7. The predicted molar refractivity (Wildman–Crippen MR) is 127 cm³/mol. The van der Waals surface area contributed by atoms with Gasteiger partial charge in [-0.2, -0.15) is 0 Å². The maximum atomic E-state index is 12.8. The maximum absolute atomic E-state index is 12.8. The lowest BCUT2D eigenvalue weighted by Gasteiger charge is -2.10. The molecule has 0 saturated carbocycles. The SMILES string of the molecule is O=C(CSc1nnc(-c2c[nH]c3ccccc23)o1)Nc1ccccc1C(=O)c1ccccc1. The number of hydrogen-bond donors (Lipinski definition) is 2. The molecule has 3 aromatic carbocycles. The standard InChI is InChI=1S/C25H18N4O3S/c30-22(27-21-13-7-5-11-18(21)23(31)16-8-2-1-3-9-16)15-33-25-29-28-24(32-25)19-14-26-20-12-6-4-10-17(19)20/h1-14,26H,15H2,(H,27,30). The summed E-state index contributed by atoms with van der Waals surface area (Å²) < 4.78 is 5.74. The molecule has 33 heavy (non-hydrogen) atoms. The number of aromatic amines is 1. The molecule has 2 N–H and O–H groups in total. The number of ketones is 1. The third kappa shape index (κ3) is 4.42. The first-order valence-corrected chi connectivity index (χ1v) is 11.2. The molecule has 0 bridgehead atoms. The van der Waals surface area contributed by atoms with E-state index in [9.17, 15) is 9.59 Å². The summed E-state index contributed by atoms with van der Waals surface area (Å²) in [4.78, 5) is 28.6. The number of benzene rings is 3. The van der Waals surface area contributed by atoms with Crippen molar-refractivity contribution in [1.29, 1.82) is 0 Å². The second-order valence-corrected chi connectivity index (χ2v) is 8.13. The lowest BCUT2D eigenvalue weighted by molar-refractivity contribution is -0.113. The summed E-state index contributed by atoms with van der Waals surface area (Å²) in [7, 11) is 0. The van der Waals surface area contributed by atoms with Gasteiger partial charge in [-0.1, -0.05) is 72.4 Å². The molecule has 0 unspecified atom stereocenters. The molecule has 0 saturated heterocycles.